The Hall–Kier alpha value is -2.97. The van der Waals surface area contributed by atoms with E-state index in [4.69, 9.17) is 16.3 Å². The second-order valence-electron chi connectivity index (χ2n) is 6.27. The van der Waals surface area contributed by atoms with Crippen LogP contribution in [-0.4, -0.2) is 36.0 Å². The number of hydrogen-bond donors (Lipinski definition) is 2. The van der Waals surface area contributed by atoms with Gasteiger partial charge in [0.05, 0.1) is 22.3 Å². The van der Waals surface area contributed by atoms with Crippen molar-refractivity contribution in [3.63, 3.8) is 0 Å². The zero-order valence-electron chi connectivity index (χ0n) is 14.8. The first-order valence-electron chi connectivity index (χ1n) is 8.70. The van der Waals surface area contributed by atoms with Gasteiger partial charge in [0.2, 0.25) is 0 Å². The van der Waals surface area contributed by atoms with E-state index < -0.39 is 10.8 Å². The van der Waals surface area contributed by atoms with E-state index in [9.17, 15) is 19.7 Å². The largest absolute Gasteiger partial charge is 0.376 e. The van der Waals surface area contributed by atoms with E-state index in [0.29, 0.717) is 18.8 Å². The summed E-state index contributed by atoms with van der Waals surface area (Å²) in [6.45, 7) is 1.09. The molecule has 1 saturated heterocycles. The topological polar surface area (TPSA) is 111 Å². The zero-order valence-corrected chi connectivity index (χ0v) is 15.6. The molecule has 0 saturated carbocycles. The van der Waals surface area contributed by atoms with Crippen LogP contribution < -0.4 is 10.6 Å². The van der Waals surface area contributed by atoms with E-state index in [1.165, 1.54) is 12.1 Å². The molecule has 1 heterocycles. The standard InChI is InChI=1S/C19H18ClN3O5/c20-15-8-7-12(10-17(15)23(26)27)18(24)22-16-6-2-1-5-14(16)19(25)21-11-13-4-3-9-28-13/h1-2,5-8,10,13H,3-4,9,11H2,(H,21,25)(H,22,24)/t13-/m0/s1. The van der Waals surface area contributed by atoms with Crippen molar-refractivity contribution in [3.05, 3.63) is 68.7 Å². The SMILES string of the molecule is O=C(Nc1ccccc1C(=O)NC[C@@H]1CCCO1)c1ccc(Cl)c([N+](=O)[O-])c1. The number of anilines is 1. The predicted molar refractivity (Wildman–Crippen MR) is 104 cm³/mol. The highest BCUT2D eigenvalue weighted by atomic mass is 35.5. The molecule has 1 atom stereocenters. The highest BCUT2D eigenvalue weighted by Gasteiger charge is 2.20. The average molecular weight is 404 g/mol. The van der Waals surface area contributed by atoms with Crippen LogP contribution in [0.1, 0.15) is 33.6 Å². The molecule has 0 aromatic heterocycles. The lowest BCUT2D eigenvalue weighted by atomic mass is 10.1. The van der Waals surface area contributed by atoms with Gasteiger partial charge >= 0.3 is 0 Å². The number of nitro groups is 1. The minimum atomic E-state index is -0.661. The Labute approximate surface area is 166 Å². The number of benzene rings is 2. The summed E-state index contributed by atoms with van der Waals surface area (Å²) in [7, 11) is 0. The van der Waals surface area contributed by atoms with Gasteiger partial charge in [-0.25, -0.2) is 0 Å². The quantitative estimate of drug-likeness (QED) is 0.567. The van der Waals surface area contributed by atoms with Crippen molar-refractivity contribution in [2.45, 2.75) is 18.9 Å². The molecule has 146 valence electrons. The number of nitrogens with zero attached hydrogens (tertiary/aromatic N) is 1. The maximum absolute atomic E-state index is 12.5. The Morgan fingerprint density at radius 2 is 2.00 bits per heavy atom. The Bertz CT molecular complexity index is 912. The monoisotopic (exact) mass is 403 g/mol. The van der Waals surface area contributed by atoms with Gasteiger partial charge in [-0.3, -0.25) is 19.7 Å². The molecule has 0 radical (unpaired) electrons. The minimum absolute atomic E-state index is 0.000296. The van der Waals surface area contributed by atoms with Gasteiger partial charge in [0.25, 0.3) is 17.5 Å². The van der Waals surface area contributed by atoms with Crippen LogP contribution in [0.3, 0.4) is 0 Å². The third-order valence-electron chi connectivity index (χ3n) is 4.34. The number of carbonyl (C=O) groups excluding carboxylic acids is 2. The number of hydrogen-bond acceptors (Lipinski definition) is 5. The molecule has 0 unspecified atom stereocenters. The molecular weight excluding hydrogens is 386 g/mol. The third-order valence-corrected chi connectivity index (χ3v) is 4.66. The predicted octanol–water partition coefficient (Wildman–Crippen LogP) is 3.41. The highest BCUT2D eigenvalue weighted by Crippen LogP contribution is 2.26. The van der Waals surface area contributed by atoms with E-state index in [2.05, 4.69) is 10.6 Å². The van der Waals surface area contributed by atoms with E-state index >= 15 is 0 Å². The lowest BCUT2D eigenvalue weighted by molar-refractivity contribution is -0.384. The molecule has 0 spiro atoms. The summed E-state index contributed by atoms with van der Waals surface area (Å²) in [6, 6.07) is 10.3. The van der Waals surface area contributed by atoms with E-state index in [1.807, 2.05) is 0 Å². The molecule has 1 aliphatic heterocycles. The molecule has 2 aromatic rings. The Morgan fingerprint density at radius 3 is 2.71 bits per heavy atom. The van der Waals surface area contributed by atoms with Crippen LogP contribution in [0.4, 0.5) is 11.4 Å². The summed E-state index contributed by atoms with van der Waals surface area (Å²) in [5.41, 5.74) is 0.287. The molecule has 8 nitrogen and oxygen atoms in total. The van der Waals surface area contributed by atoms with Crippen molar-refractivity contribution in [3.8, 4) is 0 Å². The fourth-order valence-electron chi connectivity index (χ4n) is 2.89. The maximum Gasteiger partial charge on any atom is 0.288 e. The summed E-state index contributed by atoms with van der Waals surface area (Å²) in [5, 5.41) is 16.4. The number of nitro benzene ring substituents is 1. The molecule has 2 amide bonds. The highest BCUT2D eigenvalue weighted by molar-refractivity contribution is 6.32. The van der Waals surface area contributed by atoms with Gasteiger partial charge in [0.15, 0.2) is 0 Å². The summed E-state index contributed by atoms with van der Waals surface area (Å²) in [5.74, 6) is -0.923. The molecular formula is C19H18ClN3O5. The lowest BCUT2D eigenvalue weighted by Gasteiger charge is -2.14. The average Bonchev–Trinajstić information content (AvgIpc) is 3.20. The number of amides is 2. The van der Waals surface area contributed by atoms with Crippen molar-refractivity contribution in [2.75, 3.05) is 18.5 Å². The van der Waals surface area contributed by atoms with Crippen molar-refractivity contribution in [1.82, 2.24) is 5.32 Å². The first kappa shape index (κ1) is 19.8. The van der Waals surface area contributed by atoms with Crippen LogP contribution in [0.2, 0.25) is 5.02 Å². The van der Waals surface area contributed by atoms with Crippen LogP contribution in [0.5, 0.6) is 0 Å². The van der Waals surface area contributed by atoms with E-state index in [1.54, 1.807) is 24.3 Å². The summed E-state index contributed by atoms with van der Waals surface area (Å²) in [4.78, 5) is 35.4. The van der Waals surface area contributed by atoms with Gasteiger partial charge < -0.3 is 15.4 Å². The van der Waals surface area contributed by atoms with Crippen molar-refractivity contribution in [2.24, 2.45) is 0 Å². The third kappa shape index (κ3) is 4.65. The molecule has 1 aliphatic rings. The van der Waals surface area contributed by atoms with Crippen LogP contribution in [0.25, 0.3) is 0 Å². The Kier molecular flexibility index (Phi) is 6.23. The Morgan fingerprint density at radius 1 is 1.21 bits per heavy atom. The van der Waals surface area contributed by atoms with Crippen molar-refractivity contribution < 1.29 is 19.2 Å². The first-order chi connectivity index (χ1) is 13.5. The number of halogens is 1. The number of carbonyl (C=O) groups is 2. The molecule has 1 fully saturated rings. The second-order valence-corrected chi connectivity index (χ2v) is 6.68. The molecule has 2 N–H and O–H groups in total. The fourth-order valence-corrected chi connectivity index (χ4v) is 3.07. The smallest absolute Gasteiger partial charge is 0.288 e. The van der Waals surface area contributed by atoms with Gasteiger partial charge in [-0.1, -0.05) is 23.7 Å². The summed E-state index contributed by atoms with van der Waals surface area (Å²) >= 11 is 5.77. The van der Waals surface area contributed by atoms with Gasteiger partial charge in [0.1, 0.15) is 5.02 Å². The van der Waals surface area contributed by atoms with Crippen molar-refractivity contribution in [1.29, 1.82) is 0 Å². The van der Waals surface area contributed by atoms with Crippen LogP contribution in [0.15, 0.2) is 42.5 Å². The maximum atomic E-state index is 12.5. The number of nitrogens with one attached hydrogen (secondary N) is 2. The Balaban J connectivity index is 1.73. The van der Waals surface area contributed by atoms with Crippen LogP contribution in [-0.2, 0) is 4.74 Å². The zero-order chi connectivity index (χ0) is 20.1. The number of para-hydroxylation sites is 1. The fraction of sp³-hybridized carbons (Fsp3) is 0.263. The summed E-state index contributed by atoms with van der Waals surface area (Å²) in [6.07, 6.45) is 1.87. The second kappa shape index (κ2) is 8.81. The normalized spacial score (nSPS) is 15.8. The van der Waals surface area contributed by atoms with Crippen LogP contribution >= 0.6 is 11.6 Å². The molecule has 9 heteroatoms. The molecule has 0 bridgehead atoms. The van der Waals surface area contributed by atoms with Gasteiger partial charge in [0, 0.05) is 24.8 Å². The van der Waals surface area contributed by atoms with Crippen LogP contribution in [0, 0.1) is 10.1 Å². The number of rotatable bonds is 6. The molecule has 28 heavy (non-hydrogen) atoms. The van der Waals surface area contributed by atoms with E-state index in [-0.39, 0.29) is 33.8 Å². The molecule has 3 rings (SSSR count). The molecule has 0 aliphatic carbocycles. The van der Waals surface area contributed by atoms with Gasteiger partial charge in [-0.15, -0.1) is 0 Å². The van der Waals surface area contributed by atoms with Crippen molar-refractivity contribution >= 4 is 34.8 Å². The minimum Gasteiger partial charge on any atom is -0.376 e. The van der Waals surface area contributed by atoms with Gasteiger partial charge in [-0.05, 0) is 37.1 Å². The first-order valence-corrected chi connectivity index (χ1v) is 9.07. The molecule has 2 aromatic carbocycles. The van der Waals surface area contributed by atoms with E-state index in [0.717, 1.165) is 18.9 Å². The van der Waals surface area contributed by atoms with Gasteiger partial charge in [-0.2, -0.15) is 0 Å². The lowest BCUT2D eigenvalue weighted by Crippen LogP contribution is -2.32. The number of ether oxygens (including phenoxy) is 1. The summed E-state index contributed by atoms with van der Waals surface area (Å²) < 4.78 is 5.48.